The van der Waals surface area contributed by atoms with Crippen molar-refractivity contribution in [3.8, 4) is 0 Å². The van der Waals surface area contributed by atoms with E-state index in [0.717, 1.165) is 56.9 Å². The van der Waals surface area contributed by atoms with Crippen molar-refractivity contribution in [3.05, 3.63) is 12.2 Å². The van der Waals surface area contributed by atoms with E-state index in [9.17, 15) is 9.59 Å². The van der Waals surface area contributed by atoms with Crippen molar-refractivity contribution in [1.82, 2.24) is 0 Å². The van der Waals surface area contributed by atoms with Gasteiger partial charge in [-0.15, -0.1) is 0 Å². The Morgan fingerprint density at radius 2 is 1.87 bits per heavy atom. The summed E-state index contributed by atoms with van der Waals surface area (Å²) < 4.78 is 6.26. The number of esters is 1. The van der Waals surface area contributed by atoms with Crippen LogP contribution in [-0.2, 0) is 14.3 Å². The number of ether oxygens (including phenoxy) is 1. The van der Waals surface area contributed by atoms with Gasteiger partial charge in [-0.3, -0.25) is 9.59 Å². The molecule has 0 aromatic carbocycles. The molecule has 1 heterocycles. The van der Waals surface area contributed by atoms with Crippen molar-refractivity contribution >= 4 is 11.8 Å². The maximum absolute atomic E-state index is 13.2. The van der Waals surface area contributed by atoms with E-state index in [0.29, 0.717) is 17.6 Å². The summed E-state index contributed by atoms with van der Waals surface area (Å²) in [6, 6.07) is 0. The van der Waals surface area contributed by atoms with Gasteiger partial charge >= 0.3 is 5.97 Å². The molecule has 4 aliphatic carbocycles. The predicted molar refractivity (Wildman–Crippen MR) is 85.5 cm³/mol. The molecular formula is C20H26O3. The number of Topliss-reactive ketones (excluding diaryl/α,β-unsaturated/α-hetero) is 1. The van der Waals surface area contributed by atoms with Gasteiger partial charge in [-0.05, 0) is 69.8 Å². The number of ketones is 1. The van der Waals surface area contributed by atoms with E-state index in [1.165, 1.54) is 0 Å². The van der Waals surface area contributed by atoms with Crippen LogP contribution in [0.3, 0.4) is 0 Å². The number of hydrogen-bond donors (Lipinski definition) is 0. The molecule has 0 N–H and O–H groups in total. The van der Waals surface area contributed by atoms with Gasteiger partial charge in [0.2, 0.25) is 0 Å². The number of hydrogen-bond acceptors (Lipinski definition) is 3. The zero-order valence-corrected chi connectivity index (χ0v) is 14.2. The lowest BCUT2D eigenvalue weighted by Crippen LogP contribution is -2.66. The van der Waals surface area contributed by atoms with Crippen LogP contribution in [0, 0.1) is 28.1 Å². The Hall–Kier alpha value is -1.12. The Morgan fingerprint density at radius 3 is 2.65 bits per heavy atom. The van der Waals surface area contributed by atoms with Gasteiger partial charge in [-0.25, -0.2) is 0 Å². The third-order valence-electron chi connectivity index (χ3n) is 8.97. The topological polar surface area (TPSA) is 43.4 Å². The Morgan fingerprint density at radius 1 is 1.09 bits per heavy atom. The first kappa shape index (κ1) is 14.2. The second-order valence-corrected chi connectivity index (χ2v) is 9.35. The lowest BCUT2D eigenvalue weighted by molar-refractivity contribution is -0.221. The van der Waals surface area contributed by atoms with Crippen molar-refractivity contribution in [2.24, 2.45) is 28.1 Å². The molecule has 0 unspecified atom stereocenters. The molecular weight excluding hydrogens is 288 g/mol. The van der Waals surface area contributed by atoms with Crippen LogP contribution in [-0.4, -0.2) is 17.4 Å². The maximum atomic E-state index is 13.2. The van der Waals surface area contributed by atoms with Gasteiger partial charge < -0.3 is 4.74 Å². The molecule has 5 fully saturated rings. The van der Waals surface area contributed by atoms with Crippen molar-refractivity contribution in [1.29, 1.82) is 0 Å². The summed E-state index contributed by atoms with van der Waals surface area (Å²) in [6.07, 6.45) is 7.81. The van der Waals surface area contributed by atoms with Gasteiger partial charge in [0.1, 0.15) is 5.60 Å². The number of allylic oxidation sites excluding steroid dienone is 1. The van der Waals surface area contributed by atoms with E-state index >= 15 is 0 Å². The van der Waals surface area contributed by atoms with Crippen LogP contribution in [0.15, 0.2) is 12.2 Å². The lowest BCUT2D eigenvalue weighted by atomic mass is 9.39. The standard InChI is InChI=1S/C20H26O3/c1-12-13-5-9-18(3)19(11-13,15(12)21)10-6-14-17(2)7-4-8-20(14,18)23-16(17)22/h13-14H,1,4-11H2,2-3H3/t13-,14+,17-,18+,19+,20+/m1/s1. The number of rotatable bonds is 0. The summed E-state index contributed by atoms with van der Waals surface area (Å²) >= 11 is 0. The lowest BCUT2D eigenvalue weighted by Gasteiger charge is -2.63. The molecule has 124 valence electrons. The molecule has 4 bridgehead atoms. The highest BCUT2D eigenvalue weighted by Gasteiger charge is 2.79. The summed E-state index contributed by atoms with van der Waals surface area (Å²) in [5.74, 6) is 0.968. The molecule has 3 nitrogen and oxygen atoms in total. The summed E-state index contributed by atoms with van der Waals surface area (Å²) in [6.45, 7) is 8.52. The minimum absolute atomic E-state index is 0.00432. The molecule has 1 spiro atoms. The SMILES string of the molecule is C=C1C(=O)[C@@]23CC[C@H]4[C@@]5(C)CCC[C@@]4(OC5=O)[C@@]2(C)CC[C@@H]1C3. The van der Waals surface area contributed by atoms with Crippen molar-refractivity contribution in [2.45, 2.75) is 70.8 Å². The Kier molecular flexibility index (Phi) is 2.33. The fraction of sp³-hybridized carbons (Fsp3) is 0.800. The summed E-state index contributed by atoms with van der Waals surface area (Å²) in [5.41, 5.74) is -0.388. The second-order valence-electron chi connectivity index (χ2n) is 9.35. The molecule has 5 aliphatic rings. The third-order valence-corrected chi connectivity index (χ3v) is 8.97. The van der Waals surface area contributed by atoms with E-state index in [4.69, 9.17) is 4.74 Å². The largest absolute Gasteiger partial charge is 0.458 e. The minimum atomic E-state index is -0.402. The third kappa shape index (κ3) is 1.20. The molecule has 3 heteroatoms. The minimum Gasteiger partial charge on any atom is -0.458 e. The van der Waals surface area contributed by atoms with Gasteiger partial charge in [-0.1, -0.05) is 13.5 Å². The van der Waals surface area contributed by atoms with Crippen LogP contribution in [0.1, 0.15) is 65.2 Å². The fourth-order valence-electron chi connectivity index (χ4n) is 7.64. The quantitative estimate of drug-likeness (QED) is 0.504. The van der Waals surface area contributed by atoms with Gasteiger partial charge in [-0.2, -0.15) is 0 Å². The van der Waals surface area contributed by atoms with E-state index in [-0.39, 0.29) is 22.2 Å². The highest BCUT2D eigenvalue weighted by molar-refractivity contribution is 6.03. The van der Waals surface area contributed by atoms with Crippen molar-refractivity contribution < 1.29 is 14.3 Å². The van der Waals surface area contributed by atoms with Crippen LogP contribution >= 0.6 is 0 Å². The normalized spacial score (nSPS) is 57.0. The molecule has 0 amide bonds. The average molecular weight is 314 g/mol. The van der Waals surface area contributed by atoms with Crippen LogP contribution in [0.5, 0.6) is 0 Å². The molecule has 0 aromatic heterocycles. The Labute approximate surface area is 137 Å². The van der Waals surface area contributed by atoms with Gasteiger partial charge in [0, 0.05) is 16.7 Å². The number of fused-ring (bicyclic) bond motifs is 1. The monoisotopic (exact) mass is 314 g/mol. The van der Waals surface area contributed by atoms with Gasteiger partial charge in [0.05, 0.1) is 5.41 Å². The fourth-order valence-corrected chi connectivity index (χ4v) is 7.64. The van der Waals surface area contributed by atoms with Crippen LogP contribution in [0.4, 0.5) is 0 Å². The maximum Gasteiger partial charge on any atom is 0.312 e. The van der Waals surface area contributed by atoms with Crippen molar-refractivity contribution in [3.63, 3.8) is 0 Å². The van der Waals surface area contributed by atoms with E-state index in [1.54, 1.807) is 0 Å². The van der Waals surface area contributed by atoms with Gasteiger partial charge in [0.25, 0.3) is 0 Å². The Bertz CT molecular complexity index is 666. The first-order chi connectivity index (χ1) is 10.8. The molecule has 5 rings (SSSR count). The first-order valence-electron chi connectivity index (χ1n) is 9.28. The molecule has 6 atom stereocenters. The van der Waals surface area contributed by atoms with Crippen LogP contribution < -0.4 is 0 Å². The zero-order valence-electron chi connectivity index (χ0n) is 14.2. The summed E-state index contributed by atoms with van der Waals surface area (Å²) in [7, 11) is 0. The predicted octanol–water partition coefficient (Wildman–Crippen LogP) is 3.81. The number of carbonyl (C=O) groups is 2. The Balaban J connectivity index is 1.73. The van der Waals surface area contributed by atoms with E-state index in [2.05, 4.69) is 20.4 Å². The summed E-state index contributed by atoms with van der Waals surface area (Å²) in [5, 5.41) is 0. The summed E-state index contributed by atoms with van der Waals surface area (Å²) in [4.78, 5) is 26.0. The average Bonchev–Trinajstić information content (AvgIpc) is 2.79. The number of carbonyl (C=O) groups excluding carboxylic acids is 2. The molecule has 0 radical (unpaired) electrons. The van der Waals surface area contributed by atoms with E-state index < -0.39 is 5.60 Å². The molecule has 23 heavy (non-hydrogen) atoms. The van der Waals surface area contributed by atoms with Gasteiger partial charge in [0.15, 0.2) is 5.78 Å². The highest BCUT2D eigenvalue weighted by atomic mass is 16.6. The second kappa shape index (κ2) is 3.75. The molecule has 0 aromatic rings. The van der Waals surface area contributed by atoms with E-state index in [1.807, 2.05) is 0 Å². The first-order valence-corrected chi connectivity index (χ1v) is 9.28. The smallest absolute Gasteiger partial charge is 0.312 e. The van der Waals surface area contributed by atoms with Crippen LogP contribution in [0.25, 0.3) is 0 Å². The zero-order chi connectivity index (χ0) is 16.3. The molecule has 4 saturated carbocycles. The van der Waals surface area contributed by atoms with Crippen molar-refractivity contribution in [2.75, 3.05) is 0 Å². The highest BCUT2D eigenvalue weighted by Crippen LogP contribution is 2.76. The molecule has 1 aliphatic heterocycles. The molecule has 1 saturated heterocycles. The van der Waals surface area contributed by atoms with Crippen LogP contribution in [0.2, 0.25) is 0 Å².